The van der Waals surface area contributed by atoms with Crippen molar-refractivity contribution in [1.82, 2.24) is 10.2 Å². The van der Waals surface area contributed by atoms with Crippen molar-refractivity contribution in [3.05, 3.63) is 0 Å². The number of hydrogen-bond donors (Lipinski definition) is 1. The molecule has 2 rings (SSSR count). The van der Waals surface area contributed by atoms with Gasteiger partial charge in [0.2, 0.25) is 0 Å². The van der Waals surface area contributed by atoms with Gasteiger partial charge in [0.15, 0.2) is 9.84 Å². The summed E-state index contributed by atoms with van der Waals surface area (Å²) in [6.45, 7) is 5.08. The van der Waals surface area contributed by atoms with Crippen LogP contribution in [0.25, 0.3) is 0 Å². The maximum absolute atomic E-state index is 11.5. The maximum Gasteiger partial charge on any atom is 0.153 e. The molecule has 2 atom stereocenters. The van der Waals surface area contributed by atoms with Gasteiger partial charge in [-0.2, -0.15) is 0 Å². The van der Waals surface area contributed by atoms with Crippen LogP contribution in [0.5, 0.6) is 0 Å². The van der Waals surface area contributed by atoms with Crippen LogP contribution in [0, 0.1) is 0 Å². The second-order valence-electron chi connectivity index (χ2n) is 4.24. The minimum Gasteiger partial charge on any atom is -0.310 e. The van der Waals surface area contributed by atoms with Gasteiger partial charge in [-0.1, -0.05) is 6.92 Å². The number of fused-ring (bicyclic) bond motifs is 1. The zero-order valence-corrected chi connectivity index (χ0v) is 11.8. The van der Waals surface area contributed by atoms with Crippen LogP contribution in [0.3, 0.4) is 0 Å². The van der Waals surface area contributed by atoms with Crippen LogP contribution in [-0.4, -0.2) is 56.5 Å². The molecule has 2 unspecified atom stereocenters. The first-order chi connectivity index (χ1) is 6.62. The Bertz CT molecular complexity index is 309. The second-order valence-corrected chi connectivity index (χ2v) is 6.39. The van der Waals surface area contributed by atoms with Crippen molar-refractivity contribution in [2.75, 3.05) is 31.1 Å². The third-order valence-electron chi connectivity index (χ3n) is 3.11. The third-order valence-corrected chi connectivity index (χ3v) is 4.82. The molecule has 16 heavy (non-hydrogen) atoms. The van der Waals surface area contributed by atoms with Gasteiger partial charge in [0.1, 0.15) is 0 Å². The molecule has 0 bridgehead atoms. The van der Waals surface area contributed by atoms with Gasteiger partial charge in [0.05, 0.1) is 11.5 Å². The van der Waals surface area contributed by atoms with E-state index in [-0.39, 0.29) is 36.9 Å². The van der Waals surface area contributed by atoms with Gasteiger partial charge in [-0.05, 0) is 13.0 Å². The molecule has 0 aromatic heterocycles. The molecule has 0 aromatic rings. The second kappa shape index (κ2) is 6.40. The summed E-state index contributed by atoms with van der Waals surface area (Å²) in [4.78, 5) is 2.33. The monoisotopic (exact) mass is 290 g/mol. The molecule has 2 aliphatic heterocycles. The van der Waals surface area contributed by atoms with Gasteiger partial charge in [-0.25, -0.2) is 8.42 Å². The lowest BCUT2D eigenvalue weighted by Crippen LogP contribution is -2.57. The molecule has 2 fully saturated rings. The Kier molecular flexibility index (Phi) is 6.58. The van der Waals surface area contributed by atoms with Crippen LogP contribution < -0.4 is 5.32 Å². The van der Waals surface area contributed by atoms with Crippen LogP contribution in [0.15, 0.2) is 0 Å². The molecular weight excluding hydrogens is 271 g/mol. The topological polar surface area (TPSA) is 49.4 Å². The molecule has 0 amide bonds. The van der Waals surface area contributed by atoms with Crippen molar-refractivity contribution in [3.8, 4) is 0 Å². The van der Waals surface area contributed by atoms with Crippen LogP contribution in [0.4, 0.5) is 0 Å². The van der Waals surface area contributed by atoms with Crippen LogP contribution in [0.1, 0.15) is 13.3 Å². The number of piperazine rings is 1. The summed E-state index contributed by atoms with van der Waals surface area (Å²) in [5, 5.41) is 3.30. The highest BCUT2D eigenvalue weighted by Crippen LogP contribution is 2.21. The predicted octanol–water partition coefficient (Wildman–Crippen LogP) is 0.311. The Balaban J connectivity index is 0.00000112. The van der Waals surface area contributed by atoms with Crippen LogP contribution in [-0.2, 0) is 9.84 Å². The largest absolute Gasteiger partial charge is 0.310 e. The fraction of sp³-hybridized carbons (Fsp3) is 1.00. The Labute approximate surface area is 110 Å². The van der Waals surface area contributed by atoms with E-state index >= 15 is 0 Å². The zero-order valence-electron chi connectivity index (χ0n) is 9.39. The Hall–Kier alpha value is 0.450. The lowest BCUT2D eigenvalue weighted by molar-refractivity contribution is 0.149. The summed E-state index contributed by atoms with van der Waals surface area (Å²) in [7, 11) is -2.78. The van der Waals surface area contributed by atoms with Crippen molar-refractivity contribution in [2.24, 2.45) is 0 Å². The number of sulfone groups is 1. The number of nitrogens with zero attached hydrogens (tertiary/aromatic N) is 1. The van der Waals surface area contributed by atoms with Crippen molar-refractivity contribution in [2.45, 2.75) is 25.4 Å². The molecule has 4 nitrogen and oxygen atoms in total. The van der Waals surface area contributed by atoms with E-state index in [1.54, 1.807) is 0 Å². The van der Waals surface area contributed by atoms with E-state index in [1.165, 1.54) is 0 Å². The van der Waals surface area contributed by atoms with E-state index < -0.39 is 9.84 Å². The van der Waals surface area contributed by atoms with Crippen molar-refractivity contribution in [3.63, 3.8) is 0 Å². The third kappa shape index (κ3) is 3.47. The van der Waals surface area contributed by atoms with Crippen molar-refractivity contribution >= 4 is 34.7 Å². The molecule has 98 valence electrons. The molecule has 7 heteroatoms. The van der Waals surface area contributed by atoms with E-state index in [2.05, 4.69) is 17.1 Å². The van der Waals surface area contributed by atoms with Crippen LogP contribution >= 0.6 is 24.8 Å². The Morgan fingerprint density at radius 2 is 2.00 bits per heavy atom. The minimum absolute atomic E-state index is 0. The first-order valence-corrected chi connectivity index (χ1v) is 7.12. The lowest BCUT2D eigenvalue weighted by atomic mass is 10.1. The van der Waals surface area contributed by atoms with Gasteiger partial charge in [0.25, 0.3) is 0 Å². The Morgan fingerprint density at radius 3 is 2.62 bits per heavy atom. The number of hydrogen-bond acceptors (Lipinski definition) is 4. The average molecular weight is 291 g/mol. The van der Waals surface area contributed by atoms with E-state index in [0.29, 0.717) is 11.5 Å². The normalized spacial score (nSPS) is 32.3. The summed E-state index contributed by atoms with van der Waals surface area (Å²) in [5.41, 5.74) is 0. The SMILES string of the molecule is CCCN1CCNC2CS(=O)(=O)CC21.Cl.Cl. The highest BCUT2D eigenvalue weighted by molar-refractivity contribution is 7.91. The fourth-order valence-corrected chi connectivity index (χ4v) is 4.49. The van der Waals surface area contributed by atoms with E-state index in [1.807, 2.05) is 0 Å². The molecule has 2 saturated heterocycles. The van der Waals surface area contributed by atoms with E-state index in [0.717, 1.165) is 26.1 Å². The quantitative estimate of drug-likeness (QED) is 0.795. The summed E-state index contributed by atoms with van der Waals surface area (Å²) in [6.07, 6.45) is 1.10. The molecule has 0 saturated carbocycles. The highest BCUT2D eigenvalue weighted by Gasteiger charge is 2.42. The average Bonchev–Trinajstić information content (AvgIpc) is 2.41. The van der Waals surface area contributed by atoms with Crippen molar-refractivity contribution in [1.29, 1.82) is 0 Å². The first kappa shape index (κ1) is 16.4. The molecule has 2 heterocycles. The summed E-state index contributed by atoms with van der Waals surface area (Å²) in [5.74, 6) is 0.683. The number of nitrogens with one attached hydrogen (secondary N) is 1. The molecule has 0 aliphatic carbocycles. The molecular formula is C9H20Cl2N2O2S. The van der Waals surface area contributed by atoms with E-state index in [4.69, 9.17) is 0 Å². The molecule has 2 aliphatic rings. The minimum atomic E-state index is -2.78. The maximum atomic E-state index is 11.5. The number of rotatable bonds is 2. The molecule has 0 radical (unpaired) electrons. The van der Waals surface area contributed by atoms with Crippen LogP contribution in [0.2, 0.25) is 0 Å². The van der Waals surface area contributed by atoms with Gasteiger partial charge in [0, 0.05) is 25.2 Å². The van der Waals surface area contributed by atoms with Crippen molar-refractivity contribution < 1.29 is 8.42 Å². The van der Waals surface area contributed by atoms with E-state index in [9.17, 15) is 8.42 Å². The first-order valence-electron chi connectivity index (χ1n) is 5.30. The standard InChI is InChI=1S/C9H18N2O2S.2ClH/c1-2-4-11-5-3-10-8-6-14(12,13)7-9(8)11;;/h8-10H,2-7H2,1H3;2*1H. The van der Waals surface area contributed by atoms with Gasteiger partial charge < -0.3 is 5.32 Å². The molecule has 0 aromatic carbocycles. The predicted molar refractivity (Wildman–Crippen MR) is 70.6 cm³/mol. The van der Waals surface area contributed by atoms with Gasteiger partial charge in [-0.15, -0.1) is 24.8 Å². The zero-order chi connectivity index (χ0) is 10.2. The summed E-state index contributed by atoms with van der Waals surface area (Å²) >= 11 is 0. The fourth-order valence-electron chi connectivity index (χ4n) is 2.51. The van der Waals surface area contributed by atoms with Gasteiger partial charge in [-0.3, -0.25) is 4.90 Å². The number of halogens is 2. The molecule has 0 spiro atoms. The Morgan fingerprint density at radius 1 is 1.31 bits per heavy atom. The van der Waals surface area contributed by atoms with Gasteiger partial charge >= 0.3 is 0 Å². The summed E-state index contributed by atoms with van der Waals surface area (Å²) in [6, 6.07) is 0.411. The summed E-state index contributed by atoms with van der Waals surface area (Å²) < 4.78 is 23.0. The lowest BCUT2D eigenvalue weighted by Gasteiger charge is -2.37. The highest BCUT2D eigenvalue weighted by atomic mass is 35.5. The molecule has 1 N–H and O–H groups in total. The smallest absolute Gasteiger partial charge is 0.153 e.